The molecule has 0 aliphatic heterocycles. The predicted octanol–water partition coefficient (Wildman–Crippen LogP) is 3.36. The Morgan fingerprint density at radius 3 is 2.68 bits per heavy atom. The van der Waals surface area contributed by atoms with Crippen molar-refractivity contribution in [3.63, 3.8) is 0 Å². The average Bonchev–Trinajstić information content (AvgIpc) is 2.87. The highest BCUT2D eigenvalue weighted by Gasteiger charge is 2.17. The van der Waals surface area contributed by atoms with Gasteiger partial charge in [0.05, 0.1) is 6.54 Å². The van der Waals surface area contributed by atoms with E-state index in [1.54, 1.807) is 17.3 Å². The summed E-state index contributed by atoms with van der Waals surface area (Å²) in [5, 5.41) is 9.29. The van der Waals surface area contributed by atoms with Gasteiger partial charge in [0, 0.05) is 17.6 Å². The molecule has 0 spiro atoms. The molecule has 6 heteroatoms. The zero-order valence-corrected chi connectivity index (χ0v) is 12.5. The average molecular weight is 296 g/mol. The Hall–Kier alpha value is -1.46. The van der Waals surface area contributed by atoms with Gasteiger partial charge in [0.25, 0.3) is 0 Å². The first-order valence-electron chi connectivity index (χ1n) is 5.79. The van der Waals surface area contributed by atoms with Crippen molar-refractivity contribution in [2.24, 2.45) is 0 Å². The second-order valence-corrected chi connectivity index (χ2v) is 5.58. The molecule has 4 nitrogen and oxygen atoms in total. The van der Waals surface area contributed by atoms with Gasteiger partial charge in [0.2, 0.25) is 5.91 Å². The van der Waals surface area contributed by atoms with Crippen molar-refractivity contribution in [2.75, 3.05) is 4.90 Å². The molecule has 0 unspecified atom stereocenters. The molecule has 2 aromatic rings. The number of hydrogen-bond donors (Lipinski definition) is 0. The van der Waals surface area contributed by atoms with E-state index < -0.39 is 0 Å². The molecule has 0 atom stereocenters. The van der Waals surface area contributed by atoms with E-state index in [9.17, 15) is 4.79 Å². The summed E-state index contributed by atoms with van der Waals surface area (Å²) in [5.74, 6) is -0.0278. The molecule has 2 rings (SSSR count). The van der Waals surface area contributed by atoms with Crippen LogP contribution < -0.4 is 4.90 Å². The molecule has 0 radical (unpaired) electrons. The van der Waals surface area contributed by atoms with E-state index in [4.69, 9.17) is 11.6 Å². The summed E-state index contributed by atoms with van der Waals surface area (Å²) in [6.45, 7) is 5.89. The van der Waals surface area contributed by atoms with Crippen molar-refractivity contribution >= 4 is 34.5 Å². The van der Waals surface area contributed by atoms with E-state index in [1.807, 2.05) is 26.0 Å². The lowest BCUT2D eigenvalue weighted by Crippen LogP contribution is -2.28. The van der Waals surface area contributed by atoms with Gasteiger partial charge in [-0.25, -0.2) is 0 Å². The highest BCUT2D eigenvalue weighted by molar-refractivity contribution is 7.09. The lowest BCUT2D eigenvalue weighted by atomic mass is 10.1. The number of carbonyl (C=O) groups is 1. The van der Waals surface area contributed by atoms with Crippen molar-refractivity contribution in [2.45, 2.75) is 27.3 Å². The summed E-state index contributed by atoms with van der Waals surface area (Å²) in [7, 11) is 0. The highest BCUT2D eigenvalue weighted by atomic mass is 35.5. The fourth-order valence-corrected chi connectivity index (χ4v) is 2.55. The maximum atomic E-state index is 11.9. The molecule has 100 valence electrons. The predicted molar refractivity (Wildman–Crippen MR) is 77.7 cm³/mol. The standard InChI is InChI=1S/C13H14ClN3OS/c1-8-9(2)12(5-4-11(8)14)17(10(3)18)6-13-16-15-7-19-13/h4-5,7H,6H2,1-3H3. The minimum atomic E-state index is -0.0278. The molecule has 0 N–H and O–H groups in total. The van der Waals surface area contributed by atoms with Crippen LogP contribution in [0.1, 0.15) is 23.1 Å². The fourth-order valence-electron chi connectivity index (χ4n) is 1.83. The summed E-state index contributed by atoms with van der Waals surface area (Å²) in [4.78, 5) is 13.6. The number of amides is 1. The van der Waals surface area contributed by atoms with Gasteiger partial charge >= 0.3 is 0 Å². The van der Waals surface area contributed by atoms with Crippen LogP contribution in [0.3, 0.4) is 0 Å². The molecule has 0 bridgehead atoms. The maximum Gasteiger partial charge on any atom is 0.224 e. The third-order valence-electron chi connectivity index (χ3n) is 3.06. The molecule has 19 heavy (non-hydrogen) atoms. The zero-order valence-electron chi connectivity index (χ0n) is 11.0. The largest absolute Gasteiger partial charge is 0.305 e. The molecule has 1 aromatic heterocycles. The number of benzene rings is 1. The summed E-state index contributed by atoms with van der Waals surface area (Å²) < 4.78 is 0. The Labute approximate surface area is 121 Å². The molecule has 1 heterocycles. The van der Waals surface area contributed by atoms with E-state index in [0.717, 1.165) is 21.8 Å². The Morgan fingerprint density at radius 1 is 1.37 bits per heavy atom. The lowest BCUT2D eigenvalue weighted by Gasteiger charge is -2.23. The van der Waals surface area contributed by atoms with Gasteiger partial charge < -0.3 is 4.90 Å². The zero-order chi connectivity index (χ0) is 14.0. The SMILES string of the molecule is CC(=O)N(Cc1nncs1)c1ccc(Cl)c(C)c1C. The first-order valence-corrected chi connectivity index (χ1v) is 7.05. The first kappa shape index (κ1) is 14.0. The number of hydrogen-bond acceptors (Lipinski definition) is 4. The number of carbonyl (C=O) groups excluding carboxylic acids is 1. The number of rotatable bonds is 3. The van der Waals surface area contributed by atoms with Crippen molar-refractivity contribution < 1.29 is 4.79 Å². The van der Waals surface area contributed by atoms with Gasteiger partial charge in [-0.15, -0.1) is 21.5 Å². The van der Waals surface area contributed by atoms with Gasteiger partial charge in [-0.1, -0.05) is 11.6 Å². The van der Waals surface area contributed by atoms with Gasteiger partial charge in [-0.2, -0.15) is 0 Å². The van der Waals surface area contributed by atoms with E-state index in [2.05, 4.69) is 10.2 Å². The van der Waals surface area contributed by atoms with Gasteiger partial charge in [-0.05, 0) is 37.1 Å². The van der Waals surface area contributed by atoms with Gasteiger partial charge in [-0.3, -0.25) is 4.79 Å². The van der Waals surface area contributed by atoms with Crippen molar-refractivity contribution in [3.8, 4) is 0 Å². The van der Waals surface area contributed by atoms with E-state index in [1.165, 1.54) is 11.3 Å². The summed E-state index contributed by atoms with van der Waals surface area (Å²) in [6.07, 6.45) is 0. The lowest BCUT2D eigenvalue weighted by molar-refractivity contribution is -0.116. The minimum absolute atomic E-state index is 0.0278. The minimum Gasteiger partial charge on any atom is -0.305 e. The molecule has 0 saturated heterocycles. The summed E-state index contributed by atoms with van der Waals surface area (Å²) in [5.41, 5.74) is 4.52. The molecule has 1 aromatic carbocycles. The van der Waals surface area contributed by atoms with Crippen LogP contribution in [0.15, 0.2) is 17.6 Å². The summed E-state index contributed by atoms with van der Waals surface area (Å²) >= 11 is 7.52. The number of anilines is 1. The number of nitrogens with zero attached hydrogens (tertiary/aromatic N) is 3. The van der Waals surface area contributed by atoms with Crippen molar-refractivity contribution in [1.82, 2.24) is 10.2 Å². The fraction of sp³-hybridized carbons (Fsp3) is 0.308. The van der Waals surface area contributed by atoms with E-state index in [0.29, 0.717) is 11.6 Å². The van der Waals surface area contributed by atoms with Crippen LogP contribution in [0.25, 0.3) is 0 Å². The normalized spacial score (nSPS) is 10.5. The molecule has 1 amide bonds. The van der Waals surface area contributed by atoms with Crippen LogP contribution in [0.5, 0.6) is 0 Å². The maximum absolute atomic E-state index is 11.9. The molecule has 0 aliphatic rings. The Morgan fingerprint density at radius 2 is 2.11 bits per heavy atom. The molecular formula is C13H14ClN3OS. The second kappa shape index (κ2) is 5.67. The Balaban J connectivity index is 2.40. The van der Waals surface area contributed by atoms with Crippen LogP contribution in [0.4, 0.5) is 5.69 Å². The quantitative estimate of drug-likeness (QED) is 0.872. The Kier molecular flexibility index (Phi) is 4.17. The smallest absolute Gasteiger partial charge is 0.224 e. The van der Waals surface area contributed by atoms with E-state index in [-0.39, 0.29) is 5.91 Å². The van der Waals surface area contributed by atoms with Gasteiger partial charge in [0.1, 0.15) is 10.5 Å². The molecule has 0 aliphatic carbocycles. The monoisotopic (exact) mass is 295 g/mol. The Bertz CT molecular complexity index is 598. The number of aromatic nitrogens is 2. The van der Waals surface area contributed by atoms with Gasteiger partial charge in [0.15, 0.2) is 0 Å². The van der Waals surface area contributed by atoms with Crippen LogP contribution in [-0.4, -0.2) is 16.1 Å². The van der Waals surface area contributed by atoms with Crippen molar-refractivity contribution in [3.05, 3.63) is 38.8 Å². The third kappa shape index (κ3) is 2.93. The van der Waals surface area contributed by atoms with Crippen molar-refractivity contribution in [1.29, 1.82) is 0 Å². The van der Waals surface area contributed by atoms with Crippen LogP contribution in [0.2, 0.25) is 5.02 Å². The van der Waals surface area contributed by atoms with Crippen LogP contribution in [-0.2, 0) is 11.3 Å². The number of halogens is 1. The van der Waals surface area contributed by atoms with Crippen LogP contribution in [0, 0.1) is 13.8 Å². The second-order valence-electron chi connectivity index (χ2n) is 4.25. The first-order chi connectivity index (χ1) is 9.00. The van der Waals surface area contributed by atoms with E-state index >= 15 is 0 Å². The van der Waals surface area contributed by atoms with Crippen LogP contribution >= 0.6 is 22.9 Å². The third-order valence-corrected chi connectivity index (χ3v) is 4.15. The highest BCUT2D eigenvalue weighted by Crippen LogP contribution is 2.29. The summed E-state index contributed by atoms with van der Waals surface area (Å²) in [6, 6.07) is 3.68. The molecule has 0 fully saturated rings. The molecular weight excluding hydrogens is 282 g/mol. The molecule has 0 saturated carbocycles. The topological polar surface area (TPSA) is 46.1 Å².